The highest BCUT2D eigenvalue weighted by atomic mass is 16.5. The normalized spacial score (nSPS) is 10.9. The Morgan fingerprint density at radius 2 is 1.88 bits per heavy atom. The zero-order valence-electron chi connectivity index (χ0n) is 15.5. The summed E-state index contributed by atoms with van der Waals surface area (Å²) in [7, 11) is 1.97. The van der Waals surface area contributed by atoms with E-state index in [4.69, 9.17) is 4.74 Å². The molecule has 4 nitrogen and oxygen atoms in total. The molecular formula is C21H26N2O2. The van der Waals surface area contributed by atoms with E-state index in [0.29, 0.717) is 5.56 Å². The molecule has 0 unspecified atom stereocenters. The Morgan fingerprint density at radius 3 is 2.52 bits per heavy atom. The molecule has 0 saturated carbocycles. The van der Waals surface area contributed by atoms with Crippen molar-refractivity contribution in [1.29, 1.82) is 0 Å². The van der Waals surface area contributed by atoms with Crippen molar-refractivity contribution < 1.29 is 9.53 Å². The summed E-state index contributed by atoms with van der Waals surface area (Å²) in [5.74, 6) is -0.293. The molecule has 0 aliphatic carbocycles. The van der Waals surface area contributed by atoms with Crippen molar-refractivity contribution >= 4 is 18.0 Å². The highest BCUT2D eigenvalue weighted by Gasteiger charge is 2.12. The van der Waals surface area contributed by atoms with E-state index in [1.807, 2.05) is 62.2 Å². The summed E-state index contributed by atoms with van der Waals surface area (Å²) in [6, 6.07) is 13.6. The van der Waals surface area contributed by atoms with E-state index in [2.05, 4.69) is 11.9 Å². The molecule has 0 bridgehead atoms. The zero-order valence-corrected chi connectivity index (χ0v) is 15.5. The summed E-state index contributed by atoms with van der Waals surface area (Å²) >= 11 is 0. The molecule has 0 atom stereocenters. The maximum absolute atomic E-state index is 12.4. The molecule has 2 aromatic carbocycles. The van der Waals surface area contributed by atoms with Gasteiger partial charge in [0.2, 0.25) is 0 Å². The van der Waals surface area contributed by atoms with Crippen molar-refractivity contribution in [2.24, 2.45) is 4.99 Å². The van der Waals surface area contributed by atoms with Gasteiger partial charge in [-0.15, -0.1) is 0 Å². The fraction of sp³-hybridized carbons (Fsp3) is 0.333. The molecule has 132 valence electrons. The molecule has 0 aliphatic rings. The van der Waals surface area contributed by atoms with Gasteiger partial charge in [0.05, 0.1) is 17.6 Å². The number of rotatable bonds is 7. The quantitative estimate of drug-likeness (QED) is 0.423. The lowest BCUT2D eigenvalue weighted by Gasteiger charge is -2.11. The second kappa shape index (κ2) is 9.02. The number of hydrogen-bond donors (Lipinski definition) is 0. The molecule has 0 heterocycles. The summed E-state index contributed by atoms with van der Waals surface area (Å²) in [5, 5.41) is 0. The highest BCUT2D eigenvalue weighted by Crippen LogP contribution is 2.20. The Morgan fingerprint density at radius 1 is 1.16 bits per heavy atom. The third-order valence-corrected chi connectivity index (χ3v) is 4.08. The first-order chi connectivity index (χ1) is 12.0. The van der Waals surface area contributed by atoms with E-state index in [1.165, 1.54) is 5.56 Å². The van der Waals surface area contributed by atoms with Gasteiger partial charge < -0.3 is 9.64 Å². The van der Waals surface area contributed by atoms with Crippen LogP contribution in [0.2, 0.25) is 0 Å². The Balaban J connectivity index is 2.08. The largest absolute Gasteiger partial charge is 0.457 e. The second-order valence-electron chi connectivity index (χ2n) is 6.07. The molecule has 0 amide bonds. The molecule has 4 heteroatoms. The second-order valence-corrected chi connectivity index (χ2v) is 6.07. The first-order valence-corrected chi connectivity index (χ1v) is 8.63. The van der Waals surface area contributed by atoms with Gasteiger partial charge in [-0.3, -0.25) is 0 Å². The molecule has 0 spiro atoms. The maximum Gasteiger partial charge on any atom is 0.338 e. The van der Waals surface area contributed by atoms with Crippen LogP contribution in [-0.2, 0) is 17.8 Å². The van der Waals surface area contributed by atoms with Gasteiger partial charge in [0.1, 0.15) is 6.61 Å². The van der Waals surface area contributed by atoms with Crippen LogP contribution in [0.5, 0.6) is 0 Å². The van der Waals surface area contributed by atoms with Crippen LogP contribution in [0.25, 0.3) is 0 Å². The topological polar surface area (TPSA) is 41.9 Å². The Kier molecular flexibility index (Phi) is 6.75. The molecule has 0 aliphatic heterocycles. The Hall–Kier alpha value is -2.62. The van der Waals surface area contributed by atoms with E-state index in [0.717, 1.165) is 29.8 Å². The van der Waals surface area contributed by atoms with Crippen molar-refractivity contribution in [3.8, 4) is 0 Å². The number of esters is 1. The number of ether oxygens (including phenoxy) is 1. The lowest BCUT2D eigenvalue weighted by atomic mass is 10.0. The molecule has 0 N–H and O–H groups in total. The van der Waals surface area contributed by atoms with Crippen LogP contribution >= 0.6 is 0 Å². The fourth-order valence-electron chi connectivity index (χ4n) is 2.31. The molecule has 0 saturated heterocycles. The number of nitrogens with zero attached hydrogens (tertiary/aromatic N) is 2. The minimum atomic E-state index is -0.293. The van der Waals surface area contributed by atoms with Gasteiger partial charge in [0.15, 0.2) is 0 Å². The van der Waals surface area contributed by atoms with Gasteiger partial charge in [-0.05, 0) is 49.6 Å². The predicted octanol–water partition coefficient (Wildman–Crippen LogP) is 4.53. The van der Waals surface area contributed by atoms with E-state index in [9.17, 15) is 4.79 Å². The number of aliphatic imine (C=N–C) groups is 1. The minimum Gasteiger partial charge on any atom is -0.457 e. The average Bonchev–Trinajstić information content (AvgIpc) is 2.65. The van der Waals surface area contributed by atoms with E-state index in [-0.39, 0.29) is 12.6 Å². The number of benzene rings is 2. The third kappa shape index (κ3) is 5.45. The first-order valence-electron chi connectivity index (χ1n) is 8.63. The van der Waals surface area contributed by atoms with Crippen molar-refractivity contribution in [3.05, 3.63) is 64.7 Å². The van der Waals surface area contributed by atoms with Gasteiger partial charge in [0, 0.05) is 13.6 Å². The van der Waals surface area contributed by atoms with Crippen molar-refractivity contribution in [1.82, 2.24) is 4.90 Å². The third-order valence-electron chi connectivity index (χ3n) is 4.08. The summed E-state index contributed by atoms with van der Waals surface area (Å²) < 4.78 is 5.47. The molecule has 2 aromatic rings. The zero-order chi connectivity index (χ0) is 18.2. The van der Waals surface area contributed by atoms with Crippen molar-refractivity contribution in [3.63, 3.8) is 0 Å². The molecule has 2 rings (SSSR count). The van der Waals surface area contributed by atoms with Gasteiger partial charge in [-0.2, -0.15) is 0 Å². The molecule has 0 radical (unpaired) electrons. The SMILES string of the molecule is CCc1cc(N=CN(C)CC)ccc1C(=O)OCc1ccc(C)cc1. The first kappa shape index (κ1) is 18.7. The van der Waals surface area contributed by atoms with E-state index >= 15 is 0 Å². The summed E-state index contributed by atoms with van der Waals surface area (Å²) in [6.07, 6.45) is 2.55. The average molecular weight is 338 g/mol. The molecular weight excluding hydrogens is 312 g/mol. The van der Waals surface area contributed by atoms with Gasteiger partial charge in [0.25, 0.3) is 0 Å². The summed E-state index contributed by atoms with van der Waals surface area (Å²) in [5.41, 5.74) is 4.57. The number of aryl methyl sites for hydroxylation is 2. The maximum atomic E-state index is 12.4. The van der Waals surface area contributed by atoms with Gasteiger partial charge in [-0.1, -0.05) is 36.8 Å². The fourth-order valence-corrected chi connectivity index (χ4v) is 2.31. The summed E-state index contributed by atoms with van der Waals surface area (Å²) in [6.45, 7) is 7.30. The van der Waals surface area contributed by atoms with Crippen LogP contribution in [0.15, 0.2) is 47.5 Å². The minimum absolute atomic E-state index is 0.281. The lowest BCUT2D eigenvalue weighted by Crippen LogP contribution is -2.14. The molecule has 0 aromatic heterocycles. The predicted molar refractivity (Wildman–Crippen MR) is 103 cm³/mol. The number of carbonyl (C=O) groups is 1. The van der Waals surface area contributed by atoms with Crippen molar-refractivity contribution in [2.45, 2.75) is 33.8 Å². The molecule has 0 fully saturated rings. The molecule has 25 heavy (non-hydrogen) atoms. The van der Waals surface area contributed by atoms with E-state index in [1.54, 1.807) is 12.4 Å². The van der Waals surface area contributed by atoms with E-state index < -0.39 is 0 Å². The van der Waals surface area contributed by atoms with Gasteiger partial charge in [-0.25, -0.2) is 9.79 Å². The lowest BCUT2D eigenvalue weighted by molar-refractivity contribution is 0.0471. The van der Waals surface area contributed by atoms with Crippen molar-refractivity contribution in [2.75, 3.05) is 13.6 Å². The Bertz CT molecular complexity index is 736. The van der Waals surface area contributed by atoms with Crippen LogP contribution in [0, 0.1) is 6.92 Å². The monoisotopic (exact) mass is 338 g/mol. The van der Waals surface area contributed by atoms with Crippen LogP contribution < -0.4 is 0 Å². The smallest absolute Gasteiger partial charge is 0.338 e. The summed E-state index contributed by atoms with van der Waals surface area (Å²) in [4.78, 5) is 18.9. The number of carbonyl (C=O) groups excluding carboxylic acids is 1. The Labute approximate surface area is 150 Å². The van der Waals surface area contributed by atoms with Crippen LogP contribution in [0.4, 0.5) is 5.69 Å². The van der Waals surface area contributed by atoms with Gasteiger partial charge >= 0.3 is 5.97 Å². The standard InChI is InChI=1S/C21H26N2O2/c1-5-18-13-19(22-15-23(4)6-2)11-12-20(18)21(24)25-14-17-9-7-16(3)8-10-17/h7-13,15H,5-6,14H2,1-4H3. The van der Waals surface area contributed by atoms with Crippen LogP contribution in [0.1, 0.15) is 40.9 Å². The van der Waals surface area contributed by atoms with Crippen LogP contribution in [-0.4, -0.2) is 30.8 Å². The highest BCUT2D eigenvalue weighted by molar-refractivity contribution is 5.91. The number of hydrogen-bond acceptors (Lipinski definition) is 3. The van der Waals surface area contributed by atoms with Crippen LogP contribution in [0.3, 0.4) is 0 Å².